The molecule has 0 bridgehead atoms. The summed E-state index contributed by atoms with van der Waals surface area (Å²) in [6, 6.07) is 16.4. The van der Waals surface area contributed by atoms with E-state index in [1.807, 2.05) is 12.1 Å². The number of hydrogen-bond donors (Lipinski definition) is 1. The highest BCUT2D eigenvalue weighted by Crippen LogP contribution is 2.28. The largest absolute Gasteiger partial charge is 0.497 e. The highest BCUT2D eigenvalue weighted by molar-refractivity contribution is 7.99. The van der Waals surface area contributed by atoms with Crippen molar-refractivity contribution in [1.29, 1.82) is 0 Å². The molecule has 0 fully saturated rings. The third-order valence-electron chi connectivity index (χ3n) is 2.89. The molecule has 0 unspecified atom stereocenters. The summed E-state index contributed by atoms with van der Waals surface area (Å²) in [5.41, 5.74) is 2.35. The molecule has 5 heteroatoms. The lowest BCUT2D eigenvalue weighted by Crippen LogP contribution is -1.83. The highest BCUT2D eigenvalue weighted by Gasteiger charge is 2.02. The molecule has 1 N–H and O–H groups in total. The highest BCUT2D eigenvalue weighted by atomic mass is 32.2. The van der Waals surface area contributed by atoms with E-state index in [2.05, 4.69) is 51.8 Å². The molecule has 0 atom stereocenters. The van der Waals surface area contributed by atoms with Crippen LogP contribution in [0, 0.1) is 0 Å². The Hall–Kier alpha value is -2.27. The number of nitrogens with zero attached hydrogens (tertiary/aromatic N) is 2. The Morgan fingerprint density at radius 3 is 2.15 bits per heavy atom. The summed E-state index contributed by atoms with van der Waals surface area (Å²) >= 11 is 1.58. The van der Waals surface area contributed by atoms with E-state index in [-0.39, 0.29) is 0 Å². The van der Waals surface area contributed by atoms with Gasteiger partial charge in [-0.3, -0.25) is 0 Å². The van der Waals surface area contributed by atoms with Gasteiger partial charge in [0.1, 0.15) is 10.8 Å². The molecular weight excluding hydrogens is 270 g/mol. The van der Waals surface area contributed by atoms with Crippen LogP contribution in [-0.4, -0.2) is 22.5 Å². The summed E-state index contributed by atoms with van der Waals surface area (Å²) in [5.74, 6) is 0.868. The van der Waals surface area contributed by atoms with Crippen molar-refractivity contribution >= 4 is 11.8 Å². The number of H-pyrrole nitrogens is 1. The van der Waals surface area contributed by atoms with Gasteiger partial charge in [0.25, 0.3) is 0 Å². The normalized spacial score (nSPS) is 10.4. The summed E-state index contributed by atoms with van der Waals surface area (Å²) in [4.78, 5) is 1.14. The average molecular weight is 283 g/mol. The molecule has 0 amide bonds. The summed E-state index contributed by atoms with van der Waals surface area (Å²) < 4.78 is 5.16. The van der Waals surface area contributed by atoms with Crippen molar-refractivity contribution in [3.05, 3.63) is 54.7 Å². The van der Waals surface area contributed by atoms with Crippen LogP contribution in [0.1, 0.15) is 0 Å². The second-order valence-electron chi connectivity index (χ2n) is 4.16. The maximum Gasteiger partial charge on any atom is 0.143 e. The Kier molecular flexibility index (Phi) is 3.69. The van der Waals surface area contributed by atoms with Crippen molar-refractivity contribution in [2.24, 2.45) is 0 Å². The number of rotatable bonds is 4. The smallest absolute Gasteiger partial charge is 0.143 e. The molecule has 0 aliphatic carbocycles. The fraction of sp³-hybridized carbons (Fsp3) is 0.0667. The van der Waals surface area contributed by atoms with Crippen molar-refractivity contribution < 1.29 is 4.74 Å². The third-order valence-corrected chi connectivity index (χ3v) is 3.81. The molecule has 3 aromatic rings. The predicted molar refractivity (Wildman–Crippen MR) is 78.9 cm³/mol. The van der Waals surface area contributed by atoms with Crippen LogP contribution in [0.25, 0.3) is 11.1 Å². The maximum absolute atomic E-state index is 5.16. The van der Waals surface area contributed by atoms with Gasteiger partial charge in [0, 0.05) is 4.90 Å². The quantitative estimate of drug-likeness (QED) is 0.794. The topological polar surface area (TPSA) is 50.8 Å². The molecule has 0 aliphatic heterocycles. The Morgan fingerprint density at radius 2 is 1.60 bits per heavy atom. The SMILES string of the molecule is COc1ccc(-c2ccc(Sc3cn[nH]n3)cc2)cc1. The van der Waals surface area contributed by atoms with Crippen molar-refractivity contribution in [3.8, 4) is 16.9 Å². The molecule has 0 spiro atoms. The number of benzene rings is 2. The van der Waals surface area contributed by atoms with Crippen molar-refractivity contribution in [2.75, 3.05) is 7.11 Å². The van der Waals surface area contributed by atoms with Gasteiger partial charge in [0.15, 0.2) is 0 Å². The molecule has 2 aromatic carbocycles. The minimum absolute atomic E-state index is 0.863. The standard InChI is InChI=1S/C15H13N3OS/c1-19-13-6-2-11(3-7-13)12-4-8-14(9-5-12)20-15-10-16-18-17-15/h2-10H,1H3,(H,16,17,18). The lowest BCUT2D eigenvalue weighted by Gasteiger charge is -2.05. The zero-order valence-electron chi connectivity index (χ0n) is 10.9. The molecule has 20 heavy (non-hydrogen) atoms. The van der Waals surface area contributed by atoms with E-state index in [4.69, 9.17) is 4.74 Å². The van der Waals surface area contributed by atoms with Gasteiger partial charge in [-0.05, 0) is 35.4 Å². The van der Waals surface area contributed by atoms with Crippen LogP contribution in [0.2, 0.25) is 0 Å². The Balaban J connectivity index is 1.78. The number of aromatic nitrogens is 3. The first-order valence-electron chi connectivity index (χ1n) is 6.13. The second-order valence-corrected chi connectivity index (χ2v) is 5.26. The monoisotopic (exact) mass is 283 g/mol. The van der Waals surface area contributed by atoms with E-state index >= 15 is 0 Å². The first-order valence-corrected chi connectivity index (χ1v) is 6.95. The number of hydrogen-bond acceptors (Lipinski definition) is 4. The number of aromatic amines is 1. The lowest BCUT2D eigenvalue weighted by atomic mass is 10.1. The van der Waals surface area contributed by atoms with Gasteiger partial charge in [0.05, 0.1) is 13.3 Å². The molecule has 0 aliphatic rings. The third kappa shape index (κ3) is 2.83. The summed E-state index contributed by atoms with van der Waals surface area (Å²) in [6.45, 7) is 0. The molecule has 0 saturated carbocycles. The Labute approximate surface area is 121 Å². The van der Waals surface area contributed by atoms with Gasteiger partial charge < -0.3 is 4.74 Å². The fourth-order valence-electron chi connectivity index (χ4n) is 1.86. The zero-order chi connectivity index (χ0) is 13.8. The first-order chi connectivity index (χ1) is 9.85. The van der Waals surface area contributed by atoms with Crippen LogP contribution in [-0.2, 0) is 0 Å². The molecule has 100 valence electrons. The van der Waals surface area contributed by atoms with E-state index in [1.165, 1.54) is 11.1 Å². The summed E-state index contributed by atoms with van der Waals surface area (Å²) in [7, 11) is 1.67. The zero-order valence-corrected chi connectivity index (χ0v) is 11.7. The minimum atomic E-state index is 0.863. The first kappa shape index (κ1) is 12.7. The van der Waals surface area contributed by atoms with Crippen LogP contribution in [0.4, 0.5) is 0 Å². The molecule has 0 saturated heterocycles. The lowest BCUT2D eigenvalue weighted by molar-refractivity contribution is 0.415. The maximum atomic E-state index is 5.16. The molecule has 0 radical (unpaired) electrons. The van der Waals surface area contributed by atoms with Gasteiger partial charge in [-0.25, -0.2) is 0 Å². The van der Waals surface area contributed by atoms with E-state index < -0.39 is 0 Å². The van der Waals surface area contributed by atoms with Crippen molar-refractivity contribution in [1.82, 2.24) is 15.4 Å². The fourth-order valence-corrected chi connectivity index (χ4v) is 2.57. The average Bonchev–Trinajstić information content (AvgIpc) is 3.01. The Morgan fingerprint density at radius 1 is 0.950 bits per heavy atom. The van der Waals surface area contributed by atoms with Crippen molar-refractivity contribution in [2.45, 2.75) is 9.92 Å². The van der Waals surface area contributed by atoms with E-state index in [0.717, 1.165) is 15.7 Å². The second kappa shape index (κ2) is 5.79. The molecule has 1 heterocycles. The minimum Gasteiger partial charge on any atom is -0.497 e. The van der Waals surface area contributed by atoms with Crippen LogP contribution < -0.4 is 4.74 Å². The van der Waals surface area contributed by atoms with Gasteiger partial charge >= 0.3 is 0 Å². The van der Waals surface area contributed by atoms with Gasteiger partial charge in [-0.2, -0.15) is 10.3 Å². The van der Waals surface area contributed by atoms with Gasteiger partial charge in [-0.1, -0.05) is 36.0 Å². The summed E-state index contributed by atoms with van der Waals surface area (Å²) in [5, 5.41) is 11.3. The van der Waals surface area contributed by atoms with Crippen molar-refractivity contribution in [3.63, 3.8) is 0 Å². The van der Waals surface area contributed by atoms with E-state index in [0.29, 0.717) is 0 Å². The van der Waals surface area contributed by atoms with Crippen LogP contribution in [0.5, 0.6) is 5.75 Å². The van der Waals surface area contributed by atoms with E-state index in [9.17, 15) is 0 Å². The molecule has 3 rings (SSSR count). The van der Waals surface area contributed by atoms with Crippen LogP contribution >= 0.6 is 11.8 Å². The number of ether oxygens (including phenoxy) is 1. The van der Waals surface area contributed by atoms with E-state index in [1.54, 1.807) is 25.1 Å². The number of methoxy groups -OCH3 is 1. The van der Waals surface area contributed by atoms with Gasteiger partial charge in [-0.15, -0.1) is 5.10 Å². The predicted octanol–water partition coefficient (Wildman–Crippen LogP) is 3.63. The van der Waals surface area contributed by atoms with Crippen LogP contribution in [0.3, 0.4) is 0 Å². The molecule has 4 nitrogen and oxygen atoms in total. The Bertz CT molecular complexity index is 663. The number of nitrogens with one attached hydrogen (secondary N) is 1. The molecular formula is C15H13N3OS. The summed E-state index contributed by atoms with van der Waals surface area (Å²) in [6.07, 6.45) is 1.71. The van der Waals surface area contributed by atoms with Crippen LogP contribution in [0.15, 0.2) is 64.6 Å². The van der Waals surface area contributed by atoms with Gasteiger partial charge in [0.2, 0.25) is 0 Å². The molecule has 1 aromatic heterocycles.